The van der Waals surface area contributed by atoms with Gasteiger partial charge in [0.05, 0.1) is 11.3 Å². The number of rotatable bonds is 4. The summed E-state index contributed by atoms with van der Waals surface area (Å²) in [5, 5.41) is 5.07. The van der Waals surface area contributed by atoms with Gasteiger partial charge in [0, 0.05) is 12.7 Å². The van der Waals surface area contributed by atoms with E-state index in [1.807, 2.05) is 6.92 Å². The minimum absolute atomic E-state index is 0.170. The summed E-state index contributed by atoms with van der Waals surface area (Å²) < 4.78 is 39.5. The van der Waals surface area contributed by atoms with E-state index >= 15 is 0 Å². The highest BCUT2D eigenvalue weighted by Crippen LogP contribution is 2.21. The van der Waals surface area contributed by atoms with Gasteiger partial charge in [-0.2, -0.15) is 0 Å². The number of nitrogens with one attached hydrogen (secondary N) is 2. The van der Waals surface area contributed by atoms with Crippen LogP contribution in [0.4, 0.5) is 24.7 Å². The number of amides is 1. The van der Waals surface area contributed by atoms with Gasteiger partial charge in [-0.1, -0.05) is 0 Å². The van der Waals surface area contributed by atoms with Crippen molar-refractivity contribution in [3.63, 3.8) is 0 Å². The number of halogens is 3. The minimum atomic E-state index is -1.63. The zero-order valence-electron chi connectivity index (χ0n) is 11.1. The third-order valence-electron chi connectivity index (χ3n) is 2.68. The standard InChI is InChI=1S/C14H12F3N3O/c1-2-18-13-8(4-3-7-19-13)14(21)20-10-6-5-9(15)11(16)12(10)17/h3-7H,2H2,1H3,(H,18,19)(H,20,21). The van der Waals surface area contributed by atoms with E-state index in [1.165, 1.54) is 18.3 Å². The van der Waals surface area contributed by atoms with E-state index < -0.39 is 29.0 Å². The van der Waals surface area contributed by atoms with Gasteiger partial charge in [0.1, 0.15) is 5.82 Å². The van der Waals surface area contributed by atoms with Crippen LogP contribution in [-0.4, -0.2) is 17.4 Å². The number of carbonyl (C=O) groups is 1. The van der Waals surface area contributed by atoms with Gasteiger partial charge in [-0.25, -0.2) is 18.2 Å². The predicted octanol–water partition coefficient (Wildman–Crippen LogP) is 3.18. The Morgan fingerprint density at radius 1 is 1.19 bits per heavy atom. The van der Waals surface area contributed by atoms with Crippen molar-refractivity contribution in [1.82, 2.24) is 4.98 Å². The van der Waals surface area contributed by atoms with Gasteiger partial charge in [-0.3, -0.25) is 4.79 Å². The molecule has 0 radical (unpaired) electrons. The maximum Gasteiger partial charge on any atom is 0.259 e. The van der Waals surface area contributed by atoms with Crippen molar-refractivity contribution in [3.05, 3.63) is 53.5 Å². The van der Waals surface area contributed by atoms with Gasteiger partial charge in [-0.15, -0.1) is 0 Å². The van der Waals surface area contributed by atoms with Crippen molar-refractivity contribution < 1.29 is 18.0 Å². The number of anilines is 2. The Balaban J connectivity index is 2.29. The van der Waals surface area contributed by atoms with E-state index in [-0.39, 0.29) is 5.56 Å². The summed E-state index contributed by atoms with van der Waals surface area (Å²) in [4.78, 5) is 16.1. The summed E-state index contributed by atoms with van der Waals surface area (Å²) in [6.45, 7) is 2.36. The van der Waals surface area contributed by atoms with E-state index in [2.05, 4.69) is 15.6 Å². The second-order valence-electron chi connectivity index (χ2n) is 4.11. The second-order valence-corrected chi connectivity index (χ2v) is 4.11. The second kappa shape index (κ2) is 6.25. The molecule has 0 bridgehead atoms. The number of hydrogen-bond donors (Lipinski definition) is 2. The molecule has 0 unspecified atom stereocenters. The first-order valence-corrected chi connectivity index (χ1v) is 6.18. The number of benzene rings is 1. The highest BCUT2D eigenvalue weighted by atomic mass is 19.2. The Morgan fingerprint density at radius 3 is 2.67 bits per heavy atom. The molecule has 110 valence electrons. The van der Waals surface area contributed by atoms with E-state index in [1.54, 1.807) is 0 Å². The van der Waals surface area contributed by atoms with Crippen molar-refractivity contribution in [3.8, 4) is 0 Å². The van der Waals surface area contributed by atoms with Crippen LogP contribution in [0.25, 0.3) is 0 Å². The Hall–Kier alpha value is -2.57. The quantitative estimate of drug-likeness (QED) is 0.852. The first-order chi connectivity index (χ1) is 10.0. The molecular formula is C14H12F3N3O. The molecule has 0 saturated heterocycles. The van der Waals surface area contributed by atoms with E-state index in [0.717, 1.165) is 12.1 Å². The fourth-order valence-electron chi connectivity index (χ4n) is 1.71. The van der Waals surface area contributed by atoms with Gasteiger partial charge in [0.15, 0.2) is 17.5 Å². The Morgan fingerprint density at radius 2 is 1.95 bits per heavy atom. The van der Waals surface area contributed by atoms with E-state index in [0.29, 0.717) is 12.4 Å². The monoisotopic (exact) mass is 295 g/mol. The summed E-state index contributed by atoms with van der Waals surface area (Å²) in [5.74, 6) is -4.76. The molecule has 0 saturated carbocycles. The third kappa shape index (κ3) is 3.13. The van der Waals surface area contributed by atoms with Crippen LogP contribution in [0.3, 0.4) is 0 Å². The number of nitrogens with zero attached hydrogens (tertiary/aromatic N) is 1. The van der Waals surface area contributed by atoms with E-state index in [9.17, 15) is 18.0 Å². The summed E-state index contributed by atoms with van der Waals surface area (Å²) in [6, 6.07) is 4.72. The fraction of sp³-hybridized carbons (Fsp3) is 0.143. The van der Waals surface area contributed by atoms with Gasteiger partial charge in [0.25, 0.3) is 5.91 Å². The third-order valence-corrected chi connectivity index (χ3v) is 2.68. The lowest BCUT2D eigenvalue weighted by Crippen LogP contribution is -2.17. The molecule has 0 spiro atoms. The van der Waals surface area contributed by atoms with Crippen LogP contribution in [0.1, 0.15) is 17.3 Å². The molecule has 1 aromatic carbocycles. The maximum atomic E-state index is 13.5. The van der Waals surface area contributed by atoms with Crippen LogP contribution < -0.4 is 10.6 Å². The maximum absolute atomic E-state index is 13.5. The molecule has 2 N–H and O–H groups in total. The molecule has 2 rings (SSSR count). The predicted molar refractivity (Wildman–Crippen MR) is 72.7 cm³/mol. The average Bonchev–Trinajstić information content (AvgIpc) is 2.49. The molecule has 0 aliphatic carbocycles. The molecule has 0 aliphatic heterocycles. The number of carbonyl (C=O) groups excluding carboxylic acids is 1. The molecule has 2 aromatic rings. The highest BCUT2D eigenvalue weighted by molar-refractivity contribution is 6.07. The van der Waals surface area contributed by atoms with Crippen LogP contribution in [0.5, 0.6) is 0 Å². The molecule has 0 aliphatic rings. The van der Waals surface area contributed by atoms with Crippen LogP contribution in [0, 0.1) is 17.5 Å². The molecular weight excluding hydrogens is 283 g/mol. The van der Waals surface area contributed by atoms with Gasteiger partial charge >= 0.3 is 0 Å². The molecule has 1 heterocycles. The Labute approximate surface area is 119 Å². The van der Waals surface area contributed by atoms with Crippen LogP contribution in [0.2, 0.25) is 0 Å². The van der Waals surface area contributed by atoms with Crippen molar-refractivity contribution in [2.24, 2.45) is 0 Å². The molecule has 1 amide bonds. The first kappa shape index (κ1) is 14.8. The van der Waals surface area contributed by atoms with E-state index in [4.69, 9.17) is 0 Å². The Kier molecular flexibility index (Phi) is 4.42. The number of hydrogen-bond acceptors (Lipinski definition) is 3. The summed E-state index contributed by atoms with van der Waals surface area (Å²) in [6.07, 6.45) is 1.49. The van der Waals surface area contributed by atoms with Crippen molar-refractivity contribution in [1.29, 1.82) is 0 Å². The molecule has 0 fully saturated rings. The molecule has 1 aromatic heterocycles. The number of aromatic nitrogens is 1. The number of pyridine rings is 1. The zero-order chi connectivity index (χ0) is 15.4. The summed E-state index contributed by atoms with van der Waals surface area (Å²) >= 11 is 0. The normalized spacial score (nSPS) is 10.3. The highest BCUT2D eigenvalue weighted by Gasteiger charge is 2.17. The largest absolute Gasteiger partial charge is 0.370 e. The molecule has 7 heteroatoms. The lowest BCUT2D eigenvalue weighted by atomic mass is 10.2. The summed E-state index contributed by atoms with van der Waals surface area (Å²) in [5.41, 5.74) is -0.270. The average molecular weight is 295 g/mol. The topological polar surface area (TPSA) is 54.0 Å². The Bertz CT molecular complexity index is 677. The SMILES string of the molecule is CCNc1ncccc1C(=O)Nc1ccc(F)c(F)c1F. The minimum Gasteiger partial charge on any atom is -0.370 e. The van der Waals surface area contributed by atoms with Crippen molar-refractivity contribution >= 4 is 17.4 Å². The van der Waals surface area contributed by atoms with Gasteiger partial charge in [-0.05, 0) is 31.2 Å². The van der Waals surface area contributed by atoms with Gasteiger partial charge < -0.3 is 10.6 Å². The van der Waals surface area contributed by atoms with Gasteiger partial charge in [0.2, 0.25) is 0 Å². The lowest BCUT2D eigenvalue weighted by Gasteiger charge is -2.10. The fourth-order valence-corrected chi connectivity index (χ4v) is 1.71. The van der Waals surface area contributed by atoms with Crippen molar-refractivity contribution in [2.45, 2.75) is 6.92 Å². The summed E-state index contributed by atoms with van der Waals surface area (Å²) in [7, 11) is 0. The smallest absolute Gasteiger partial charge is 0.259 e. The van der Waals surface area contributed by atoms with Crippen molar-refractivity contribution in [2.75, 3.05) is 17.2 Å². The van der Waals surface area contributed by atoms with Crippen LogP contribution in [-0.2, 0) is 0 Å². The molecule has 21 heavy (non-hydrogen) atoms. The lowest BCUT2D eigenvalue weighted by molar-refractivity contribution is 0.102. The molecule has 0 atom stereocenters. The van der Waals surface area contributed by atoms with Crippen LogP contribution >= 0.6 is 0 Å². The zero-order valence-corrected chi connectivity index (χ0v) is 11.1. The first-order valence-electron chi connectivity index (χ1n) is 6.18. The van der Waals surface area contributed by atoms with Crippen LogP contribution in [0.15, 0.2) is 30.5 Å². The molecule has 4 nitrogen and oxygen atoms in total.